The number of aliphatic hydroxyl groups excluding tert-OH is 1. The van der Waals surface area contributed by atoms with E-state index in [9.17, 15) is 58.5 Å². The summed E-state index contributed by atoms with van der Waals surface area (Å²) < 4.78 is 0. The van der Waals surface area contributed by atoms with E-state index in [2.05, 4.69) is 31.9 Å². The molecule has 61 heavy (non-hydrogen) atoms. The molecule has 0 aliphatic carbocycles. The number of aliphatic hydroxyl groups is 1. The van der Waals surface area contributed by atoms with Crippen molar-refractivity contribution in [2.45, 2.75) is 134 Å². The zero-order chi connectivity index (χ0) is 46.6. The lowest BCUT2D eigenvalue weighted by molar-refractivity contribution is -0.143. The predicted octanol–water partition coefficient (Wildman–Crippen LogP) is -2.79. The lowest BCUT2D eigenvalue weighted by Crippen LogP contribution is -2.62. The van der Waals surface area contributed by atoms with Crippen molar-refractivity contribution < 1.29 is 63.6 Å². The van der Waals surface area contributed by atoms with Crippen molar-refractivity contribution in [3.63, 3.8) is 0 Å². The smallest absolute Gasteiger partial charge is 0.326 e. The summed E-state index contributed by atoms with van der Waals surface area (Å²) in [4.78, 5) is 116. The Balaban J connectivity index is 3.33. The minimum atomic E-state index is -1.74. The molecule has 0 unspecified atom stereocenters. The second-order valence-corrected chi connectivity index (χ2v) is 15.4. The maximum atomic E-state index is 13.8. The Hall–Kier alpha value is -5.87. The van der Waals surface area contributed by atoms with Gasteiger partial charge in [0.05, 0.1) is 12.1 Å². The van der Waals surface area contributed by atoms with Crippen LogP contribution in [-0.4, -0.2) is 129 Å². The highest BCUT2D eigenvalue weighted by Gasteiger charge is 2.36. The highest BCUT2D eigenvalue weighted by atomic mass is 16.4. The molecule has 0 bridgehead atoms. The van der Waals surface area contributed by atoms with Crippen LogP contribution >= 0.6 is 0 Å². The number of rotatable bonds is 28. The largest absolute Gasteiger partial charge is 0.508 e. The number of nitrogens with two attached hydrogens (primary N) is 3. The molecule has 0 heterocycles. The Bertz CT molecular complexity index is 1670. The second-order valence-electron chi connectivity index (χ2n) is 15.4. The monoisotopic (exact) mass is 865 g/mol. The lowest BCUT2D eigenvalue weighted by atomic mass is 9.99. The number of carboxylic acids is 2. The van der Waals surface area contributed by atoms with Gasteiger partial charge in [0.15, 0.2) is 0 Å². The van der Waals surface area contributed by atoms with E-state index in [4.69, 9.17) is 22.3 Å². The molecule has 0 radical (unpaired) electrons. The van der Waals surface area contributed by atoms with Crippen LogP contribution in [0.5, 0.6) is 5.75 Å². The third-order valence-corrected chi connectivity index (χ3v) is 9.45. The number of hydrogen-bond donors (Lipinski definition) is 13. The summed E-state index contributed by atoms with van der Waals surface area (Å²) in [5.74, 6) is -10.3. The second kappa shape index (κ2) is 26.4. The average Bonchev–Trinajstić information content (AvgIpc) is 3.17. The van der Waals surface area contributed by atoms with Gasteiger partial charge in [0.2, 0.25) is 41.4 Å². The lowest BCUT2D eigenvalue weighted by Gasteiger charge is -2.30. The summed E-state index contributed by atoms with van der Waals surface area (Å²) in [5.41, 5.74) is 17.2. The molecular formula is C39H63N9O13. The van der Waals surface area contributed by atoms with Gasteiger partial charge in [-0.15, -0.1) is 0 Å². The van der Waals surface area contributed by atoms with Crippen LogP contribution < -0.4 is 49.1 Å². The highest BCUT2D eigenvalue weighted by molar-refractivity contribution is 5.97. The topological polar surface area (TPSA) is 385 Å². The summed E-state index contributed by atoms with van der Waals surface area (Å²) in [6, 6.07) is -4.31. The average molecular weight is 866 g/mol. The van der Waals surface area contributed by atoms with Gasteiger partial charge in [-0.1, -0.05) is 39.8 Å². The number of carbonyl (C=O) groups is 9. The molecule has 0 saturated heterocycles. The first-order valence-corrected chi connectivity index (χ1v) is 20.0. The van der Waals surface area contributed by atoms with Crippen LogP contribution in [0.3, 0.4) is 0 Å². The first kappa shape index (κ1) is 53.1. The minimum absolute atomic E-state index is 0.0699. The SMILES string of the molecule is CC(C)[C@H](NC(=O)[C@H](Cc1ccc(O)cc1)NC(=O)[C@@H](N)CCC(=O)O)C(=O)N[C@@H](CCC(N)=O)C(=O)N[C@H](C(=O)N[C@H](C(=O)N[C@@H](CCCCN)C(=O)O)C(C)C)[C@@H](C)O. The minimum Gasteiger partial charge on any atom is -0.508 e. The van der Waals surface area contributed by atoms with Crippen molar-refractivity contribution in [1.29, 1.82) is 0 Å². The van der Waals surface area contributed by atoms with Crippen LogP contribution in [0.25, 0.3) is 0 Å². The molecular weight excluding hydrogens is 802 g/mol. The fraction of sp³-hybridized carbons (Fsp3) is 0.615. The molecule has 342 valence electrons. The summed E-state index contributed by atoms with van der Waals surface area (Å²) in [5, 5.41) is 53.5. The molecule has 0 aliphatic rings. The van der Waals surface area contributed by atoms with Crippen molar-refractivity contribution >= 4 is 53.3 Å². The molecule has 16 N–H and O–H groups in total. The quantitative estimate of drug-likeness (QED) is 0.0379. The number of benzene rings is 1. The number of carbonyl (C=O) groups excluding carboxylic acids is 7. The fourth-order valence-corrected chi connectivity index (χ4v) is 5.82. The van der Waals surface area contributed by atoms with Crippen molar-refractivity contribution in [3.05, 3.63) is 29.8 Å². The van der Waals surface area contributed by atoms with Crippen molar-refractivity contribution in [2.24, 2.45) is 29.0 Å². The summed E-state index contributed by atoms with van der Waals surface area (Å²) in [7, 11) is 0. The Morgan fingerprint density at radius 2 is 1.07 bits per heavy atom. The number of carboxylic acid groups (broad SMARTS) is 2. The van der Waals surface area contributed by atoms with E-state index in [0.717, 1.165) is 0 Å². The van der Waals surface area contributed by atoms with Crippen LogP contribution in [0.4, 0.5) is 0 Å². The van der Waals surface area contributed by atoms with E-state index in [1.165, 1.54) is 31.2 Å². The molecule has 7 amide bonds. The molecule has 0 fully saturated rings. The molecule has 1 aromatic carbocycles. The third-order valence-electron chi connectivity index (χ3n) is 9.45. The number of phenols is 1. The van der Waals surface area contributed by atoms with Crippen molar-refractivity contribution in [3.8, 4) is 5.75 Å². The van der Waals surface area contributed by atoms with Crippen LogP contribution in [0, 0.1) is 11.8 Å². The number of hydrogen-bond acceptors (Lipinski definition) is 13. The summed E-state index contributed by atoms with van der Waals surface area (Å²) in [6.45, 7) is 7.76. The Labute approximate surface area is 353 Å². The first-order valence-electron chi connectivity index (χ1n) is 20.0. The third kappa shape index (κ3) is 19.4. The Morgan fingerprint density at radius 3 is 1.54 bits per heavy atom. The number of amides is 7. The number of phenolic OH excluding ortho intramolecular Hbond substituents is 1. The molecule has 22 heteroatoms. The van der Waals surface area contributed by atoms with E-state index in [-0.39, 0.29) is 25.0 Å². The molecule has 1 rings (SSSR count). The van der Waals surface area contributed by atoms with E-state index >= 15 is 0 Å². The van der Waals surface area contributed by atoms with Crippen LogP contribution in [0.1, 0.15) is 85.1 Å². The molecule has 0 spiro atoms. The van der Waals surface area contributed by atoms with Gasteiger partial charge in [-0.3, -0.25) is 38.4 Å². The normalized spacial score (nSPS) is 15.1. The summed E-state index contributed by atoms with van der Waals surface area (Å²) >= 11 is 0. The number of aromatic hydroxyl groups is 1. The van der Waals surface area contributed by atoms with Gasteiger partial charge in [0.25, 0.3) is 0 Å². The molecule has 1 aromatic rings. The molecule has 8 atom stereocenters. The number of nitrogens with one attached hydrogen (secondary N) is 6. The molecule has 22 nitrogen and oxygen atoms in total. The van der Waals surface area contributed by atoms with Gasteiger partial charge in [0, 0.05) is 19.3 Å². The van der Waals surface area contributed by atoms with Crippen LogP contribution in [0.2, 0.25) is 0 Å². The van der Waals surface area contributed by atoms with Gasteiger partial charge >= 0.3 is 11.9 Å². The van der Waals surface area contributed by atoms with Crippen LogP contribution in [-0.2, 0) is 49.6 Å². The van der Waals surface area contributed by atoms with Crippen LogP contribution in [0.15, 0.2) is 24.3 Å². The van der Waals surface area contributed by atoms with Crippen molar-refractivity contribution in [1.82, 2.24) is 31.9 Å². The van der Waals surface area contributed by atoms with Gasteiger partial charge < -0.3 is 69.5 Å². The highest BCUT2D eigenvalue weighted by Crippen LogP contribution is 2.14. The maximum Gasteiger partial charge on any atom is 0.326 e. The van der Waals surface area contributed by atoms with Gasteiger partial charge in [0.1, 0.15) is 42.0 Å². The first-order chi connectivity index (χ1) is 28.5. The Kier molecular flexibility index (Phi) is 23.0. The fourth-order valence-electron chi connectivity index (χ4n) is 5.82. The number of primary amides is 1. The zero-order valence-electron chi connectivity index (χ0n) is 35.1. The Morgan fingerprint density at radius 1 is 0.590 bits per heavy atom. The van der Waals surface area contributed by atoms with E-state index < -0.39 is 133 Å². The number of unbranched alkanes of at least 4 members (excludes halogenated alkanes) is 1. The maximum absolute atomic E-state index is 13.8. The van der Waals surface area contributed by atoms with Crippen molar-refractivity contribution in [2.75, 3.05) is 6.54 Å². The molecule has 0 aromatic heterocycles. The van der Waals surface area contributed by atoms with E-state index in [1.807, 2.05) is 0 Å². The predicted molar refractivity (Wildman–Crippen MR) is 219 cm³/mol. The van der Waals surface area contributed by atoms with E-state index in [1.54, 1.807) is 27.7 Å². The zero-order valence-corrected chi connectivity index (χ0v) is 35.1. The number of aliphatic carboxylic acids is 2. The molecule has 0 aliphatic heterocycles. The standard InChI is InChI=1S/C39H63N9O13/c1-19(2)30(46-35(56)27(18-22-9-11-23(50)12-10-22)45-33(54)24(41)13-16-29(52)53)36(57)43-25(14-15-28(42)51)34(55)48-32(21(5)49)38(59)47-31(20(3)4)37(58)44-26(39(60)61)8-6-7-17-40/h9-12,19-21,24-27,30-32,49-50H,6-8,13-18,40-41H2,1-5H3,(H2,42,51)(H,43,57)(H,44,58)(H,45,54)(H,46,56)(H,47,59)(H,48,55)(H,52,53)(H,60,61)/t21-,24+,25+,26+,27+,30+,31+,32+/m1/s1. The van der Waals surface area contributed by atoms with Gasteiger partial charge in [-0.25, -0.2) is 4.79 Å². The van der Waals surface area contributed by atoms with E-state index in [0.29, 0.717) is 24.9 Å². The van der Waals surface area contributed by atoms with Gasteiger partial charge in [-0.2, -0.15) is 0 Å². The van der Waals surface area contributed by atoms with Gasteiger partial charge in [-0.05, 0) is 75.1 Å². The summed E-state index contributed by atoms with van der Waals surface area (Å²) in [6.07, 6.45) is -2.24. The molecule has 0 saturated carbocycles.